The zero-order valence-corrected chi connectivity index (χ0v) is 11.9. The van der Waals surface area contributed by atoms with E-state index in [0.29, 0.717) is 0 Å². The summed E-state index contributed by atoms with van der Waals surface area (Å²) in [5.74, 6) is -3.55. The van der Waals surface area contributed by atoms with Gasteiger partial charge in [0.1, 0.15) is 5.71 Å². The van der Waals surface area contributed by atoms with Crippen molar-refractivity contribution in [2.24, 2.45) is 5.16 Å². The maximum absolute atomic E-state index is 12.8. The van der Waals surface area contributed by atoms with E-state index in [1.54, 1.807) is 19.1 Å². The minimum Gasteiger partial charge on any atom is -0.348 e. The zero-order valence-electron chi connectivity index (χ0n) is 10.4. The first kappa shape index (κ1) is 15.4. The average Bonchev–Trinajstić information content (AvgIpc) is 2.62. The number of hydrogen-bond acceptors (Lipinski definition) is 3. The Kier molecular flexibility index (Phi) is 3.69. The van der Waals surface area contributed by atoms with Crippen LogP contribution in [0.4, 0.5) is 13.2 Å². The van der Waals surface area contributed by atoms with Gasteiger partial charge in [-0.25, -0.2) is 0 Å². The smallest absolute Gasteiger partial charge is 0.348 e. The summed E-state index contributed by atoms with van der Waals surface area (Å²) in [6.07, 6.45) is -5.07. The predicted molar refractivity (Wildman–Crippen MR) is 69.2 cm³/mol. The molecule has 1 aromatic carbocycles. The van der Waals surface area contributed by atoms with Crippen molar-refractivity contribution in [3.05, 3.63) is 33.8 Å². The molecule has 0 aromatic heterocycles. The predicted octanol–water partition coefficient (Wildman–Crippen LogP) is 3.55. The van der Waals surface area contributed by atoms with Crippen molar-refractivity contribution in [3.63, 3.8) is 0 Å². The number of aliphatic hydroxyl groups is 1. The van der Waals surface area contributed by atoms with Crippen LogP contribution in [0.5, 0.6) is 0 Å². The van der Waals surface area contributed by atoms with Gasteiger partial charge in [-0.3, -0.25) is 0 Å². The van der Waals surface area contributed by atoms with Gasteiger partial charge in [0, 0.05) is 5.56 Å². The molecule has 0 saturated heterocycles. The molecule has 2 unspecified atom stereocenters. The highest BCUT2D eigenvalue weighted by Crippen LogP contribution is 2.42. The Morgan fingerprint density at radius 2 is 1.85 bits per heavy atom. The van der Waals surface area contributed by atoms with Crippen LogP contribution in [0.15, 0.2) is 17.3 Å². The number of rotatable bonds is 1. The second kappa shape index (κ2) is 4.79. The highest BCUT2D eigenvalue weighted by atomic mass is 35.5. The van der Waals surface area contributed by atoms with Crippen molar-refractivity contribution < 1.29 is 23.1 Å². The third-order valence-corrected chi connectivity index (χ3v) is 3.95. The first-order valence-electron chi connectivity index (χ1n) is 5.54. The summed E-state index contributed by atoms with van der Waals surface area (Å²) >= 11 is 11.7. The van der Waals surface area contributed by atoms with E-state index in [1.807, 2.05) is 6.92 Å². The van der Waals surface area contributed by atoms with E-state index in [4.69, 9.17) is 23.2 Å². The molecule has 2 rings (SSSR count). The van der Waals surface area contributed by atoms with E-state index in [2.05, 4.69) is 9.99 Å². The van der Waals surface area contributed by atoms with Gasteiger partial charge in [-0.2, -0.15) is 13.2 Å². The maximum atomic E-state index is 12.8. The Labute approximate surface area is 122 Å². The molecule has 0 amide bonds. The van der Waals surface area contributed by atoms with E-state index < -0.39 is 17.3 Å². The SMILES string of the molecule is Cc1cc(Cl)c(C2=NOC(O)(C(F)(F)F)C2Cl)cc1C. The van der Waals surface area contributed by atoms with Gasteiger partial charge in [0.05, 0.1) is 5.02 Å². The number of aryl methyl sites for hydroxylation is 2. The largest absolute Gasteiger partial charge is 0.459 e. The average molecular weight is 328 g/mol. The summed E-state index contributed by atoms with van der Waals surface area (Å²) in [6, 6.07) is 3.14. The number of hydrogen-bond donors (Lipinski definition) is 1. The standard InChI is InChI=1S/C12H10Cl2F3NO2/c1-5-3-7(8(13)4-6(5)2)9-10(14)11(19,20-18-9)12(15,16)17/h3-4,10,19H,1-2H3. The summed E-state index contributed by atoms with van der Waals surface area (Å²) in [5.41, 5.74) is 1.63. The topological polar surface area (TPSA) is 41.8 Å². The fourth-order valence-electron chi connectivity index (χ4n) is 1.76. The molecule has 0 saturated carbocycles. The van der Waals surface area contributed by atoms with Gasteiger partial charge >= 0.3 is 12.0 Å². The molecular formula is C12H10Cl2F3NO2. The first-order chi connectivity index (χ1) is 9.08. The van der Waals surface area contributed by atoms with Crippen molar-refractivity contribution in [2.45, 2.75) is 31.2 Å². The molecule has 0 radical (unpaired) electrons. The molecule has 1 aromatic rings. The Balaban J connectivity index is 2.45. The molecule has 1 N–H and O–H groups in total. The quantitative estimate of drug-likeness (QED) is 0.801. The van der Waals surface area contributed by atoms with E-state index in [0.717, 1.165) is 11.1 Å². The van der Waals surface area contributed by atoms with Crippen molar-refractivity contribution in [2.75, 3.05) is 0 Å². The molecule has 20 heavy (non-hydrogen) atoms. The van der Waals surface area contributed by atoms with Gasteiger partial charge in [-0.1, -0.05) is 16.8 Å². The lowest BCUT2D eigenvalue weighted by Gasteiger charge is -2.26. The molecule has 0 bridgehead atoms. The summed E-state index contributed by atoms with van der Waals surface area (Å²) in [5, 5.41) is 11.1. The Bertz CT molecular complexity index is 589. The fourth-order valence-corrected chi connectivity index (χ4v) is 2.39. The summed E-state index contributed by atoms with van der Waals surface area (Å²) in [7, 11) is 0. The minimum atomic E-state index is -5.07. The normalized spacial score (nSPS) is 26.4. The molecule has 0 fully saturated rings. The van der Waals surface area contributed by atoms with Crippen LogP contribution < -0.4 is 0 Å². The first-order valence-corrected chi connectivity index (χ1v) is 6.35. The lowest BCUT2D eigenvalue weighted by atomic mass is 9.98. The molecule has 110 valence electrons. The van der Waals surface area contributed by atoms with Crippen LogP contribution in [-0.4, -0.2) is 28.2 Å². The third-order valence-electron chi connectivity index (χ3n) is 3.13. The molecule has 0 aliphatic carbocycles. The second-order valence-corrected chi connectivity index (χ2v) is 5.38. The lowest BCUT2D eigenvalue weighted by Crippen LogP contribution is -2.53. The van der Waals surface area contributed by atoms with Crippen LogP contribution in [0.25, 0.3) is 0 Å². The molecule has 1 heterocycles. The van der Waals surface area contributed by atoms with E-state index in [1.165, 1.54) is 0 Å². The van der Waals surface area contributed by atoms with Crippen molar-refractivity contribution in [1.29, 1.82) is 0 Å². The molecule has 3 nitrogen and oxygen atoms in total. The van der Waals surface area contributed by atoms with Crippen LogP contribution >= 0.6 is 23.2 Å². The van der Waals surface area contributed by atoms with Gasteiger partial charge in [0.25, 0.3) is 0 Å². The number of halogens is 5. The molecule has 8 heteroatoms. The number of alkyl halides is 4. The van der Waals surface area contributed by atoms with Gasteiger partial charge in [0.2, 0.25) is 0 Å². The van der Waals surface area contributed by atoms with Crippen molar-refractivity contribution in [1.82, 2.24) is 0 Å². The molecule has 0 spiro atoms. The van der Waals surface area contributed by atoms with E-state index in [9.17, 15) is 18.3 Å². The Morgan fingerprint density at radius 1 is 1.30 bits per heavy atom. The van der Waals surface area contributed by atoms with Gasteiger partial charge in [-0.05, 0) is 37.1 Å². The zero-order chi connectivity index (χ0) is 15.3. The summed E-state index contributed by atoms with van der Waals surface area (Å²) in [4.78, 5) is 4.14. The highest BCUT2D eigenvalue weighted by molar-refractivity contribution is 6.40. The van der Waals surface area contributed by atoms with Gasteiger partial charge < -0.3 is 9.94 Å². The molecular weight excluding hydrogens is 318 g/mol. The number of nitrogens with zero attached hydrogens (tertiary/aromatic N) is 1. The lowest BCUT2D eigenvalue weighted by molar-refractivity contribution is -0.353. The van der Waals surface area contributed by atoms with E-state index in [-0.39, 0.29) is 16.3 Å². The third kappa shape index (κ3) is 2.25. The number of benzene rings is 1. The van der Waals surface area contributed by atoms with Crippen LogP contribution in [-0.2, 0) is 4.84 Å². The van der Waals surface area contributed by atoms with E-state index >= 15 is 0 Å². The summed E-state index contributed by atoms with van der Waals surface area (Å²) in [6.45, 7) is 3.58. The maximum Gasteiger partial charge on any atom is 0.459 e. The number of oxime groups is 1. The Hall–Kier alpha value is -0.980. The monoisotopic (exact) mass is 327 g/mol. The highest BCUT2D eigenvalue weighted by Gasteiger charge is 2.66. The van der Waals surface area contributed by atoms with Gasteiger partial charge in [0.15, 0.2) is 5.38 Å². The minimum absolute atomic E-state index is 0.188. The molecule has 1 aliphatic rings. The van der Waals surface area contributed by atoms with Crippen molar-refractivity contribution >= 4 is 28.9 Å². The van der Waals surface area contributed by atoms with Crippen LogP contribution in [0.3, 0.4) is 0 Å². The van der Waals surface area contributed by atoms with Gasteiger partial charge in [-0.15, -0.1) is 11.6 Å². The Morgan fingerprint density at radius 3 is 2.35 bits per heavy atom. The molecule has 2 atom stereocenters. The fraction of sp³-hybridized carbons (Fsp3) is 0.417. The van der Waals surface area contributed by atoms with Crippen LogP contribution in [0.1, 0.15) is 16.7 Å². The van der Waals surface area contributed by atoms with Crippen molar-refractivity contribution in [3.8, 4) is 0 Å². The van der Waals surface area contributed by atoms with Crippen LogP contribution in [0.2, 0.25) is 5.02 Å². The molecule has 1 aliphatic heterocycles. The summed E-state index contributed by atoms with van der Waals surface area (Å²) < 4.78 is 38.3. The van der Waals surface area contributed by atoms with Crippen LogP contribution in [0, 0.1) is 13.8 Å². The second-order valence-electron chi connectivity index (χ2n) is 4.54.